The summed E-state index contributed by atoms with van der Waals surface area (Å²) in [6.45, 7) is 11.4. The van der Waals surface area contributed by atoms with Gasteiger partial charge in [0.15, 0.2) is 0 Å². The maximum Gasteiger partial charge on any atom is 0.0795 e. The third kappa shape index (κ3) is 7.40. The Labute approximate surface area is 285 Å². The van der Waals surface area contributed by atoms with Crippen LogP contribution in [0.4, 0.5) is 0 Å². The molecule has 0 aliphatic carbocycles. The Bertz CT molecular complexity index is 2010. The van der Waals surface area contributed by atoms with Crippen molar-refractivity contribution < 1.29 is 20.1 Å². The first-order chi connectivity index (χ1) is 21.3. The third-order valence-electron chi connectivity index (χ3n) is 7.86. The summed E-state index contributed by atoms with van der Waals surface area (Å²) in [6.07, 6.45) is 3.93. The molecule has 0 saturated heterocycles. The van der Waals surface area contributed by atoms with Gasteiger partial charge in [-0.1, -0.05) is 105 Å². The standard InChI is InChI=1S/C26H20NS.C14H16NSi.Ir/c1-17(2)19-13-14-27-24(15-19)23-10-6-9-22-21-12-11-20(16-25(21)28-26(22)23)18-7-4-3-5-8-18;1-16(2,3)13-9-10-14(15-11-13)12-7-5-4-6-8-12;/h3-9,11-17H,1-2H3;4-7,9-11H,1-3H3;/q2*-1;. The van der Waals surface area contributed by atoms with E-state index in [2.05, 4.69) is 134 Å². The van der Waals surface area contributed by atoms with E-state index in [1.807, 2.05) is 54.1 Å². The minimum atomic E-state index is -1.23. The molecular formula is C40H36IrN2SSi-2. The van der Waals surface area contributed by atoms with Gasteiger partial charge in [0.1, 0.15) is 0 Å². The second-order valence-corrected chi connectivity index (χ2v) is 18.5. The predicted molar refractivity (Wildman–Crippen MR) is 192 cm³/mol. The topological polar surface area (TPSA) is 25.8 Å². The van der Waals surface area contributed by atoms with Crippen LogP contribution in [0.3, 0.4) is 0 Å². The number of thiophene rings is 1. The normalized spacial score (nSPS) is 11.2. The van der Waals surface area contributed by atoms with E-state index in [0.717, 1.165) is 22.5 Å². The van der Waals surface area contributed by atoms with Gasteiger partial charge in [-0.3, -0.25) is 0 Å². The summed E-state index contributed by atoms with van der Waals surface area (Å²) in [5.41, 5.74) is 7.98. The van der Waals surface area contributed by atoms with E-state index in [-0.39, 0.29) is 20.1 Å². The molecule has 0 atom stereocenters. The molecule has 0 aliphatic heterocycles. The first-order valence-electron chi connectivity index (χ1n) is 15.1. The van der Waals surface area contributed by atoms with Crippen LogP contribution in [0.2, 0.25) is 19.6 Å². The average Bonchev–Trinajstić information content (AvgIpc) is 3.44. The first kappa shape index (κ1) is 32.7. The minimum Gasteiger partial charge on any atom is -0.305 e. The zero-order chi connectivity index (χ0) is 30.7. The monoisotopic (exact) mass is 797 g/mol. The molecule has 4 aromatic carbocycles. The summed E-state index contributed by atoms with van der Waals surface area (Å²) in [6, 6.07) is 44.7. The number of rotatable bonds is 5. The van der Waals surface area contributed by atoms with Crippen LogP contribution in [0.25, 0.3) is 53.8 Å². The van der Waals surface area contributed by atoms with Crippen LogP contribution in [0, 0.1) is 12.1 Å². The Morgan fingerprint density at radius 1 is 0.689 bits per heavy atom. The van der Waals surface area contributed by atoms with Crippen molar-refractivity contribution in [2.75, 3.05) is 0 Å². The molecule has 3 aromatic heterocycles. The van der Waals surface area contributed by atoms with Gasteiger partial charge in [0.2, 0.25) is 0 Å². The molecule has 1 radical (unpaired) electrons. The quantitative estimate of drug-likeness (QED) is 0.128. The largest absolute Gasteiger partial charge is 0.305 e. The van der Waals surface area contributed by atoms with E-state index in [9.17, 15) is 0 Å². The number of fused-ring (bicyclic) bond motifs is 3. The molecule has 0 saturated carbocycles. The van der Waals surface area contributed by atoms with Crippen molar-refractivity contribution in [1.82, 2.24) is 9.97 Å². The van der Waals surface area contributed by atoms with Crippen LogP contribution < -0.4 is 5.19 Å². The van der Waals surface area contributed by atoms with Crippen LogP contribution in [0.5, 0.6) is 0 Å². The zero-order valence-electron chi connectivity index (χ0n) is 26.3. The summed E-state index contributed by atoms with van der Waals surface area (Å²) in [7, 11) is -1.23. The summed E-state index contributed by atoms with van der Waals surface area (Å²) in [5.74, 6) is 0.483. The molecule has 0 aliphatic rings. The molecule has 2 nitrogen and oxygen atoms in total. The van der Waals surface area contributed by atoms with Crippen molar-refractivity contribution in [3.05, 3.63) is 139 Å². The molecule has 0 N–H and O–H groups in total. The maximum absolute atomic E-state index is 4.65. The van der Waals surface area contributed by atoms with Crippen molar-refractivity contribution in [3.8, 4) is 33.6 Å². The Hall–Kier alpha value is -3.73. The smallest absolute Gasteiger partial charge is 0.0795 e. The fourth-order valence-electron chi connectivity index (χ4n) is 5.23. The zero-order valence-corrected chi connectivity index (χ0v) is 30.5. The molecule has 227 valence electrons. The maximum atomic E-state index is 4.65. The van der Waals surface area contributed by atoms with E-state index in [1.54, 1.807) is 0 Å². The fraction of sp³-hybridized carbons (Fsp3) is 0.150. The SMILES string of the molecule is CC(C)c1ccnc(-c2[c-]ccc3c2sc2cc(-c4ccccc4)ccc23)c1.C[Si](C)(C)c1ccc(-c2[c-]cccc2)nc1.[Ir]. The van der Waals surface area contributed by atoms with Gasteiger partial charge in [-0.15, -0.1) is 59.7 Å². The van der Waals surface area contributed by atoms with Gasteiger partial charge in [-0.2, -0.15) is 11.3 Å². The predicted octanol–water partition coefficient (Wildman–Crippen LogP) is 10.8. The molecule has 7 aromatic rings. The summed E-state index contributed by atoms with van der Waals surface area (Å²) in [5, 5.41) is 3.98. The molecule has 0 amide bonds. The summed E-state index contributed by atoms with van der Waals surface area (Å²) < 4.78 is 2.56. The van der Waals surface area contributed by atoms with Crippen LogP contribution in [-0.2, 0) is 20.1 Å². The van der Waals surface area contributed by atoms with E-state index in [0.29, 0.717) is 5.92 Å². The van der Waals surface area contributed by atoms with Crippen molar-refractivity contribution in [1.29, 1.82) is 0 Å². The molecule has 0 fully saturated rings. The average molecular weight is 797 g/mol. The van der Waals surface area contributed by atoms with Crippen LogP contribution in [0.15, 0.2) is 122 Å². The van der Waals surface area contributed by atoms with E-state index in [4.69, 9.17) is 0 Å². The van der Waals surface area contributed by atoms with Crippen LogP contribution in [-0.4, -0.2) is 18.0 Å². The second-order valence-electron chi connectivity index (χ2n) is 12.4. The Balaban J connectivity index is 0.000000202. The number of nitrogens with zero attached hydrogens (tertiary/aromatic N) is 2. The third-order valence-corrected chi connectivity index (χ3v) is 11.1. The molecule has 0 bridgehead atoms. The fourth-order valence-corrected chi connectivity index (χ4v) is 7.52. The number of aromatic nitrogens is 2. The number of hydrogen-bond acceptors (Lipinski definition) is 3. The first-order valence-corrected chi connectivity index (χ1v) is 19.4. The Morgan fingerprint density at radius 2 is 1.49 bits per heavy atom. The number of hydrogen-bond donors (Lipinski definition) is 0. The van der Waals surface area contributed by atoms with Gasteiger partial charge in [0, 0.05) is 37.2 Å². The number of benzene rings is 4. The van der Waals surface area contributed by atoms with Gasteiger partial charge in [-0.05, 0) is 55.8 Å². The van der Waals surface area contributed by atoms with Gasteiger partial charge < -0.3 is 9.97 Å². The van der Waals surface area contributed by atoms with Crippen LogP contribution >= 0.6 is 11.3 Å². The van der Waals surface area contributed by atoms with Gasteiger partial charge in [0.25, 0.3) is 0 Å². The van der Waals surface area contributed by atoms with E-state index < -0.39 is 8.07 Å². The number of pyridine rings is 2. The minimum absolute atomic E-state index is 0. The van der Waals surface area contributed by atoms with Gasteiger partial charge >= 0.3 is 0 Å². The molecule has 45 heavy (non-hydrogen) atoms. The van der Waals surface area contributed by atoms with E-state index >= 15 is 0 Å². The molecule has 0 spiro atoms. The Kier molecular flexibility index (Phi) is 10.3. The Morgan fingerprint density at radius 3 is 2.18 bits per heavy atom. The summed E-state index contributed by atoms with van der Waals surface area (Å²) in [4.78, 5) is 9.17. The van der Waals surface area contributed by atoms with Gasteiger partial charge in [0.05, 0.1) is 8.07 Å². The van der Waals surface area contributed by atoms with Crippen molar-refractivity contribution in [2.24, 2.45) is 0 Å². The van der Waals surface area contributed by atoms with Crippen LogP contribution in [0.1, 0.15) is 25.3 Å². The van der Waals surface area contributed by atoms with Crippen molar-refractivity contribution in [2.45, 2.75) is 39.4 Å². The van der Waals surface area contributed by atoms with Crippen molar-refractivity contribution in [3.63, 3.8) is 0 Å². The second kappa shape index (κ2) is 14.1. The van der Waals surface area contributed by atoms with Crippen molar-refractivity contribution >= 4 is 44.8 Å². The molecule has 7 rings (SSSR count). The molecular weight excluding hydrogens is 761 g/mol. The molecule has 0 unspecified atom stereocenters. The summed E-state index contributed by atoms with van der Waals surface area (Å²) >= 11 is 1.83. The molecule has 3 heterocycles. The van der Waals surface area contributed by atoms with Gasteiger partial charge in [-0.25, -0.2) is 0 Å². The van der Waals surface area contributed by atoms with E-state index in [1.165, 1.54) is 42.0 Å². The molecule has 5 heteroatoms.